The maximum Gasteiger partial charge on any atom is 0.354 e. The van der Waals surface area contributed by atoms with Gasteiger partial charge in [-0.25, -0.2) is 4.79 Å². The van der Waals surface area contributed by atoms with Gasteiger partial charge in [-0.15, -0.1) is 6.42 Å². The molecule has 0 atom stereocenters. The second-order valence-electron chi connectivity index (χ2n) is 4.67. The summed E-state index contributed by atoms with van der Waals surface area (Å²) in [5, 5.41) is 0. The largest absolute Gasteiger partial charge is 0.464 e. The molecule has 1 heterocycles. The molecule has 0 aliphatic rings. The quantitative estimate of drug-likeness (QED) is 0.286. The smallest absolute Gasteiger partial charge is 0.354 e. The van der Waals surface area contributed by atoms with Crippen LogP contribution in [0.4, 0.5) is 0 Å². The van der Waals surface area contributed by atoms with Gasteiger partial charge >= 0.3 is 5.97 Å². The third-order valence-corrected chi connectivity index (χ3v) is 3.00. The summed E-state index contributed by atoms with van der Waals surface area (Å²) in [4.78, 5) is 11.5. The van der Waals surface area contributed by atoms with Gasteiger partial charge < -0.3 is 28.3 Å². The molecule has 0 bridgehead atoms. The van der Waals surface area contributed by atoms with E-state index in [9.17, 15) is 4.79 Å². The third kappa shape index (κ3) is 8.70. The molecule has 7 heteroatoms. The third-order valence-electron chi connectivity index (χ3n) is 3.00. The molecule has 0 saturated heterocycles. The zero-order chi connectivity index (χ0) is 17.5. The van der Waals surface area contributed by atoms with E-state index in [1.807, 2.05) is 6.20 Å². The number of carbonyl (C=O) groups is 1. The van der Waals surface area contributed by atoms with Crippen LogP contribution in [0, 0.1) is 12.3 Å². The van der Waals surface area contributed by atoms with Crippen molar-refractivity contribution in [3.63, 3.8) is 0 Å². The monoisotopic (exact) mass is 339 g/mol. The highest BCUT2D eigenvalue weighted by atomic mass is 16.6. The van der Waals surface area contributed by atoms with Crippen molar-refractivity contribution in [2.75, 3.05) is 60.0 Å². The lowest BCUT2D eigenvalue weighted by molar-refractivity contribution is 0.000393. The van der Waals surface area contributed by atoms with Crippen molar-refractivity contribution < 1.29 is 28.5 Å². The summed E-state index contributed by atoms with van der Waals surface area (Å²) in [6, 6.07) is 3.51. The van der Waals surface area contributed by atoms with E-state index in [1.165, 1.54) is 7.11 Å². The first-order chi connectivity index (χ1) is 11.8. The van der Waals surface area contributed by atoms with Gasteiger partial charge in [-0.1, -0.05) is 5.92 Å². The molecular weight excluding hydrogens is 314 g/mol. The lowest BCUT2D eigenvalue weighted by Crippen LogP contribution is -2.15. The molecule has 0 aliphatic heterocycles. The lowest BCUT2D eigenvalue weighted by atomic mass is 10.4. The number of esters is 1. The van der Waals surface area contributed by atoms with E-state index in [4.69, 9.17) is 30.1 Å². The predicted octanol–water partition coefficient (Wildman–Crippen LogP) is 0.974. The number of ether oxygens (including phenoxy) is 5. The number of carbonyl (C=O) groups excluding carboxylic acids is 1. The Balaban J connectivity index is 1.92. The van der Waals surface area contributed by atoms with Gasteiger partial charge in [0.05, 0.1) is 53.4 Å². The Morgan fingerprint density at radius 3 is 2.21 bits per heavy atom. The lowest BCUT2D eigenvalue weighted by Gasteiger charge is -2.09. The Hall–Kier alpha value is -1.85. The van der Waals surface area contributed by atoms with Crippen LogP contribution in [0.2, 0.25) is 0 Å². The zero-order valence-electron chi connectivity index (χ0n) is 14.1. The minimum Gasteiger partial charge on any atom is -0.464 e. The highest BCUT2D eigenvalue weighted by molar-refractivity contribution is 5.87. The molecule has 1 aromatic heterocycles. The maximum atomic E-state index is 11.5. The summed E-state index contributed by atoms with van der Waals surface area (Å²) in [6.45, 7) is 4.35. The van der Waals surface area contributed by atoms with Gasteiger partial charge in [0, 0.05) is 12.7 Å². The molecule has 0 unspecified atom stereocenters. The SMILES string of the molecule is C#CCOCCOCCOCCOCCn1cccc1C(=O)OC. The van der Waals surface area contributed by atoms with Gasteiger partial charge in [-0.3, -0.25) is 0 Å². The molecule has 0 N–H and O–H groups in total. The van der Waals surface area contributed by atoms with E-state index in [1.54, 1.807) is 16.7 Å². The highest BCUT2D eigenvalue weighted by Gasteiger charge is 2.09. The number of aromatic nitrogens is 1. The predicted molar refractivity (Wildman–Crippen MR) is 87.9 cm³/mol. The first-order valence-corrected chi connectivity index (χ1v) is 7.77. The maximum absolute atomic E-state index is 11.5. The van der Waals surface area contributed by atoms with Crippen LogP contribution in [0.25, 0.3) is 0 Å². The Morgan fingerprint density at radius 1 is 1.04 bits per heavy atom. The van der Waals surface area contributed by atoms with Crippen molar-refractivity contribution in [3.05, 3.63) is 24.0 Å². The molecule has 0 fully saturated rings. The van der Waals surface area contributed by atoms with Gasteiger partial charge in [-0.2, -0.15) is 0 Å². The second-order valence-corrected chi connectivity index (χ2v) is 4.67. The molecule has 0 spiro atoms. The number of rotatable bonds is 14. The summed E-state index contributed by atoms with van der Waals surface area (Å²) in [6.07, 6.45) is 6.86. The number of terminal acetylenes is 1. The molecule has 134 valence electrons. The molecule has 24 heavy (non-hydrogen) atoms. The fraction of sp³-hybridized carbons (Fsp3) is 0.588. The van der Waals surface area contributed by atoms with Crippen molar-refractivity contribution in [1.82, 2.24) is 4.57 Å². The van der Waals surface area contributed by atoms with Gasteiger partial charge in [-0.05, 0) is 12.1 Å². The normalized spacial score (nSPS) is 10.5. The Labute approximate surface area is 142 Å². The number of nitrogens with zero attached hydrogens (tertiary/aromatic N) is 1. The molecular formula is C17H25NO6. The molecule has 1 aromatic rings. The van der Waals surface area contributed by atoms with E-state index in [0.717, 1.165) is 0 Å². The van der Waals surface area contributed by atoms with E-state index in [0.29, 0.717) is 65.1 Å². The van der Waals surface area contributed by atoms with Crippen LogP contribution >= 0.6 is 0 Å². The molecule has 0 amide bonds. The van der Waals surface area contributed by atoms with Crippen LogP contribution in [-0.2, 0) is 30.2 Å². The first-order valence-electron chi connectivity index (χ1n) is 7.77. The summed E-state index contributed by atoms with van der Waals surface area (Å²) in [5.41, 5.74) is 0.515. The summed E-state index contributed by atoms with van der Waals surface area (Å²) < 4.78 is 27.7. The van der Waals surface area contributed by atoms with Crippen molar-refractivity contribution >= 4 is 5.97 Å². The Bertz CT molecular complexity index is 494. The zero-order valence-corrected chi connectivity index (χ0v) is 14.1. The van der Waals surface area contributed by atoms with E-state index in [-0.39, 0.29) is 5.97 Å². The van der Waals surface area contributed by atoms with Crippen molar-refractivity contribution in [3.8, 4) is 12.3 Å². The van der Waals surface area contributed by atoms with Crippen molar-refractivity contribution in [2.24, 2.45) is 0 Å². The number of methoxy groups -OCH3 is 1. The minimum absolute atomic E-state index is 0.307. The van der Waals surface area contributed by atoms with Crippen LogP contribution in [-0.4, -0.2) is 70.5 Å². The minimum atomic E-state index is -0.354. The molecule has 0 saturated carbocycles. The van der Waals surface area contributed by atoms with Crippen LogP contribution in [0.5, 0.6) is 0 Å². The van der Waals surface area contributed by atoms with E-state index in [2.05, 4.69) is 5.92 Å². The molecule has 0 aliphatic carbocycles. The topological polar surface area (TPSA) is 68.2 Å². The van der Waals surface area contributed by atoms with Crippen LogP contribution in [0.1, 0.15) is 10.5 Å². The van der Waals surface area contributed by atoms with Gasteiger partial charge in [0.1, 0.15) is 12.3 Å². The fourth-order valence-electron chi connectivity index (χ4n) is 1.85. The fourth-order valence-corrected chi connectivity index (χ4v) is 1.85. The van der Waals surface area contributed by atoms with Crippen LogP contribution in [0.15, 0.2) is 18.3 Å². The average molecular weight is 339 g/mol. The van der Waals surface area contributed by atoms with Crippen molar-refractivity contribution in [1.29, 1.82) is 0 Å². The van der Waals surface area contributed by atoms with Crippen LogP contribution < -0.4 is 0 Å². The van der Waals surface area contributed by atoms with Gasteiger partial charge in [0.2, 0.25) is 0 Å². The second kappa shape index (κ2) is 13.6. The molecule has 1 rings (SSSR count). The Morgan fingerprint density at radius 2 is 1.62 bits per heavy atom. The first kappa shape index (κ1) is 20.2. The highest BCUT2D eigenvalue weighted by Crippen LogP contribution is 2.03. The summed E-state index contributed by atoms with van der Waals surface area (Å²) in [5.74, 6) is 2.03. The van der Waals surface area contributed by atoms with Gasteiger partial charge in [0.25, 0.3) is 0 Å². The molecule has 7 nitrogen and oxygen atoms in total. The summed E-state index contributed by atoms with van der Waals surface area (Å²) in [7, 11) is 1.36. The average Bonchev–Trinajstić information content (AvgIpc) is 3.06. The van der Waals surface area contributed by atoms with E-state index < -0.39 is 0 Å². The molecule has 0 radical (unpaired) electrons. The standard InChI is InChI=1S/C17H25NO6/c1-3-8-21-10-12-23-14-15-24-13-11-22-9-7-18-6-4-5-16(18)17(19)20-2/h1,4-6H,7-15H2,2H3. The number of hydrogen-bond acceptors (Lipinski definition) is 6. The molecule has 0 aromatic carbocycles. The van der Waals surface area contributed by atoms with Gasteiger partial charge in [0.15, 0.2) is 0 Å². The van der Waals surface area contributed by atoms with E-state index >= 15 is 0 Å². The summed E-state index contributed by atoms with van der Waals surface area (Å²) >= 11 is 0. The van der Waals surface area contributed by atoms with Crippen LogP contribution in [0.3, 0.4) is 0 Å². The Kier molecular flexibility index (Phi) is 11.4. The van der Waals surface area contributed by atoms with Crippen molar-refractivity contribution in [2.45, 2.75) is 6.54 Å². The number of hydrogen-bond donors (Lipinski definition) is 0.